The Kier molecular flexibility index (Phi) is 5.78. The van der Waals surface area contributed by atoms with Crippen LogP contribution in [-0.2, 0) is 4.57 Å². The van der Waals surface area contributed by atoms with E-state index in [1.165, 1.54) is 0 Å². The zero-order chi connectivity index (χ0) is 19.4. The lowest BCUT2D eigenvalue weighted by Gasteiger charge is -2.13. The van der Waals surface area contributed by atoms with Gasteiger partial charge in [-0.2, -0.15) is 0 Å². The first-order valence-electron chi connectivity index (χ1n) is 8.53. The van der Waals surface area contributed by atoms with Crippen LogP contribution >= 0.6 is 7.80 Å². The maximum Gasteiger partial charge on any atom is 0.419 e. The first-order valence-corrected chi connectivity index (χ1v) is 9.79. The van der Waals surface area contributed by atoms with E-state index in [4.69, 9.17) is 14.2 Å². The van der Waals surface area contributed by atoms with E-state index >= 15 is 0 Å². The highest BCUT2D eigenvalue weighted by Gasteiger charge is 2.32. The topological polar surface area (TPSA) is 44.8 Å². The Labute approximate surface area is 160 Å². The number of methoxy groups -OCH3 is 3. The van der Waals surface area contributed by atoms with E-state index < -0.39 is 7.80 Å². The van der Waals surface area contributed by atoms with Crippen molar-refractivity contribution < 1.29 is 18.8 Å². The van der Waals surface area contributed by atoms with E-state index in [9.17, 15) is 4.57 Å². The fourth-order valence-electron chi connectivity index (χ4n) is 3.06. The molecule has 0 fully saturated rings. The van der Waals surface area contributed by atoms with E-state index in [-0.39, 0.29) is 0 Å². The minimum absolute atomic E-state index is 0.623. The van der Waals surface area contributed by atoms with Gasteiger partial charge < -0.3 is 14.2 Å². The van der Waals surface area contributed by atoms with Crippen molar-refractivity contribution in [3.05, 3.63) is 66.2 Å². The number of benzene rings is 3. The second-order valence-corrected chi connectivity index (χ2v) is 7.58. The van der Waals surface area contributed by atoms with Crippen LogP contribution in [0.25, 0.3) is 11.1 Å². The maximum atomic E-state index is 13.5. The first-order chi connectivity index (χ1) is 13.1. The summed E-state index contributed by atoms with van der Waals surface area (Å²) >= 11 is 0. The molecule has 0 aliphatic carbocycles. The molecule has 27 heavy (non-hydrogen) atoms. The summed E-state index contributed by atoms with van der Waals surface area (Å²) in [5.74, 6) is 1.96. The van der Waals surface area contributed by atoms with Gasteiger partial charge in [-0.05, 0) is 48.9 Å². The zero-order valence-electron chi connectivity index (χ0n) is 15.9. The van der Waals surface area contributed by atoms with Crippen molar-refractivity contribution in [3.63, 3.8) is 0 Å². The standard InChI is InChI=1S/C22H22O4P/c1-15-12-13-21(19(14-15)26-4)27(23)20-11-6-5-8-16(20)22-17(24-2)9-7-10-18(22)25-3/h5-14H,1-4H3/q+1. The molecule has 1 unspecified atom stereocenters. The number of aryl methyl sites for hydroxylation is 1. The van der Waals surface area contributed by atoms with Crippen LogP contribution < -0.4 is 24.8 Å². The number of rotatable bonds is 6. The quantitative estimate of drug-likeness (QED) is 0.591. The predicted molar refractivity (Wildman–Crippen MR) is 110 cm³/mol. The summed E-state index contributed by atoms with van der Waals surface area (Å²) in [6.07, 6.45) is 0. The Morgan fingerprint density at radius 3 is 1.96 bits per heavy atom. The maximum absolute atomic E-state index is 13.5. The molecule has 0 heterocycles. The Morgan fingerprint density at radius 1 is 0.704 bits per heavy atom. The molecule has 1 atom stereocenters. The molecule has 0 radical (unpaired) electrons. The molecule has 0 aromatic heterocycles. The van der Waals surface area contributed by atoms with Gasteiger partial charge in [0.25, 0.3) is 0 Å². The summed E-state index contributed by atoms with van der Waals surface area (Å²) in [7, 11) is 2.95. The molecule has 0 N–H and O–H groups in total. The number of hydrogen-bond donors (Lipinski definition) is 0. The average molecular weight is 381 g/mol. The second-order valence-electron chi connectivity index (χ2n) is 6.02. The van der Waals surface area contributed by atoms with E-state index in [1.807, 2.05) is 67.6 Å². The van der Waals surface area contributed by atoms with Crippen molar-refractivity contribution in [2.24, 2.45) is 0 Å². The highest BCUT2D eigenvalue weighted by Crippen LogP contribution is 2.40. The minimum atomic E-state index is -1.88. The normalized spacial score (nSPS) is 11.0. The molecular formula is C22H22O4P+. The molecule has 0 aliphatic heterocycles. The molecule has 3 aromatic carbocycles. The Bertz CT molecular complexity index is 960. The van der Waals surface area contributed by atoms with Crippen LogP contribution in [-0.4, -0.2) is 21.3 Å². The van der Waals surface area contributed by atoms with Gasteiger partial charge in [0, 0.05) is 5.56 Å². The lowest BCUT2D eigenvalue weighted by molar-refractivity contribution is 0.397. The Balaban J connectivity index is 2.21. The van der Waals surface area contributed by atoms with Gasteiger partial charge in [-0.1, -0.05) is 28.8 Å². The molecule has 0 saturated heterocycles. The SMILES string of the molecule is COc1cc(C)ccc1[P+](=O)c1ccccc1-c1c(OC)cccc1OC. The van der Waals surface area contributed by atoms with Gasteiger partial charge >= 0.3 is 7.80 Å². The summed E-state index contributed by atoms with van der Waals surface area (Å²) in [4.78, 5) is 0. The molecule has 0 saturated carbocycles. The van der Waals surface area contributed by atoms with Crippen LogP contribution in [0.4, 0.5) is 0 Å². The van der Waals surface area contributed by atoms with Crippen LogP contribution in [0, 0.1) is 6.92 Å². The highest BCUT2D eigenvalue weighted by atomic mass is 31.1. The molecule has 0 bridgehead atoms. The minimum Gasteiger partial charge on any atom is -0.496 e. The Morgan fingerprint density at radius 2 is 1.33 bits per heavy atom. The van der Waals surface area contributed by atoms with Gasteiger partial charge in [0.05, 0.1) is 26.9 Å². The van der Waals surface area contributed by atoms with Crippen LogP contribution in [0.1, 0.15) is 5.56 Å². The van der Waals surface area contributed by atoms with Crippen LogP contribution in [0.2, 0.25) is 0 Å². The van der Waals surface area contributed by atoms with Crippen molar-refractivity contribution in [1.82, 2.24) is 0 Å². The number of hydrogen-bond acceptors (Lipinski definition) is 4. The molecule has 3 aromatic rings. The first kappa shape index (κ1) is 18.9. The van der Waals surface area contributed by atoms with Gasteiger partial charge in [-0.3, -0.25) is 0 Å². The van der Waals surface area contributed by atoms with Gasteiger partial charge in [0.1, 0.15) is 11.5 Å². The van der Waals surface area contributed by atoms with Crippen molar-refractivity contribution in [2.75, 3.05) is 21.3 Å². The molecule has 138 valence electrons. The fraction of sp³-hybridized carbons (Fsp3) is 0.182. The molecule has 4 nitrogen and oxygen atoms in total. The molecule has 0 amide bonds. The third-order valence-corrected chi connectivity index (χ3v) is 6.01. The van der Waals surface area contributed by atoms with Gasteiger partial charge in [-0.15, -0.1) is 0 Å². The van der Waals surface area contributed by atoms with Crippen molar-refractivity contribution in [3.8, 4) is 28.4 Å². The largest absolute Gasteiger partial charge is 0.496 e. The summed E-state index contributed by atoms with van der Waals surface area (Å²) in [6.45, 7) is 1.98. The zero-order valence-corrected chi connectivity index (χ0v) is 16.7. The smallest absolute Gasteiger partial charge is 0.419 e. The van der Waals surface area contributed by atoms with Crippen molar-refractivity contribution in [1.29, 1.82) is 0 Å². The highest BCUT2D eigenvalue weighted by molar-refractivity contribution is 7.62. The summed E-state index contributed by atoms with van der Waals surface area (Å²) in [5.41, 5.74) is 2.65. The summed E-state index contributed by atoms with van der Waals surface area (Å²) < 4.78 is 30.1. The van der Waals surface area contributed by atoms with Gasteiger partial charge in [-0.25, -0.2) is 0 Å². The lowest BCUT2D eigenvalue weighted by Crippen LogP contribution is -2.12. The molecular weight excluding hydrogens is 359 g/mol. The molecule has 0 aliphatic rings. The molecule has 0 spiro atoms. The number of ether oxygens (including phenoxy) is 3. The van der Waals surface area contributed by atoms with E-state index in [0.717, 1.165) is 16.7 Å². The summed E-state index contributed by atoms with van der Waals surface area (Å²) in [6, 6.07) is 18.9. The van der Waals surface area contributed by atoms with Crippen LogP contribution in [0.15, 0.2) is 60.7 Å². The third kappa shape index (κ3) is 3.67. The molecule has 3 rings (SSSR count). The fourth-order valence-corrected chi connectivity index (χ4v) is 4.51. The second kappa shape index (κ2) is 8.24. The van der Waals surface area contributed by atoms with E-state index in [1.54, 1.807) is 21.3 Å². The van der Waals surface area contributed by atoms with Gasteiger partial charge in [0.2, 0.25) is 10.6 Å². The Hall–Kier alpha value is -2.84. The molecule has 5 heteroatoms. The monoisotopic (exact) mass is 381 g/mol. The van der Waals surface area contributed by atoms with Crippen molar-refractivity contribution >= 4 is 18.4 Å². The van der Waals surface area contributed by atoms with E-state index in [2.05, 4.69) is 0 Å². The van der Waals surface area contributed by atoms with Gasteiger partial charge in [0.15, 0.2) is 5.75 Å². The average Bonchev–Trinajstić information content (AvgIpc) is 2.72. The van der Waals surface area contributed by atoms with Crippen LogP contribution in [0.3, 0.4) is 0 Å². The van der Waals surface area contributed by atoms with E-state index in [0.29, 0.717) is 27.9 Å². The lowest BCUT2D eigenvalue weighted by atomic mass is 10.0. The van der Waals surface area contributed by atoms with Crippen molar-refractivity contribution in [2.45, 2.75) is 6.92 Å². The predicted octanol–water partition coefficient (Wildman–Crippen LogP) is 4.47. The van der Waals surface area contributed by atoms with Crippen LogP contribution in [0.5, 0.6) is 17.2 Å². The summed E-state index contributed by atoms with van der Waals surface area (Å²) in [5, 5.41) is 1.37. The third-order valence-electron chi connectivity index (χ3n) is 4.37.